The summed E-state index contributed by atoms with van der Waals surface area (Å²) in [4.78, 5) is 54.8. The van der Waals surface area contributed by atoms with E-state index in [2.05, 4.69) is 50.5 Å². The summed E-state index contributed by atoms with van der Waals surface area (Å²) in [5.74, 6) is -1.96. The third-order valence-corrected chi connectivity index (χ3v) is 10.2. The van der Waals surface area contributed by atoms with Crippen molar-refractivity contribution in [2.24, 2.45) is 0 Å². The summed E-state index contributed by atoms with van der Waals surface area (Å²) in [6, 6.07) is 24.5. The molecule has 19 heteroatoms. The number of carboxylic acids is 1. The Morgan fingerprint density at radius 3 is 2.17 bits per heavy atom. The molecule has 312 valence electrons. The number of aliphatic hydroxyl groups is 2. The largest absolute Gasteiger partial charge is 0.490 e. The van der Waals surface area contributed by atoms with Crippen molar-refractivity contribution in [1.29, 1.82) is 0 Å². The van der Waals surface area contributed by atoms with Gasteiger partial charge in [0.05, 0.1) is 30.6 Å². The predicted molar refractivity (Wildman–Crippen MR) is 210 cm³/mol. The lowest BCUT2D eigenvalue weighted by atomic mass is 9.91. The van der Waals surface area contributed by atoms with E-state index in [9.17, 15) is 33.0 Å². The number of urea groups is 1. The summed E-state index contributed by atoms with van der Waals surface area (Å²) in [6.45, 7) is 3.68. The molecule has 1 saturated carbocycles. The molecule has 0 unspecified atom stereocenters. The second-order valence-electron chi connectivity index (χ2n) is 14.1. The van der Waals surface area contributed by atoms with Gasteiger partial charge in [-0.3, -0.25) is 9.78 Å². The summed E-state index contributed by atoms with van der Waals surface area (Å²) in [6.07, 6.45) is -2.81. The molecule has 1 aliphatic carbocycles. The fraction of sp³-hybridized carbons (Fsp3) is 0.375. The molecule has 5 aromatic rings. The number of carbonyl (C=O) groups excluding carboxylic acids is 2. The van der Waals surface area contributed by atoms with E-state index in [0.29, 0.717) is 62.0 Å². The van der Waals surface area contributed by atoms with Crippen LogP contribution in [0.25, 0.3) is 11.2 Å². The molecule has 16 nitrogen and oxygen atoms in total. The van der Waals surface area contributed by atoms with Crippen molar-refractivity contribution in [2.45, 2.75) is 75.2 Å². The second-order valence-corrected chi connectivity index (χ2v) is 14.1. The number of aromatic nitrogens is 5. The van der Waals surface area contributed by atoms with E-state index in [1.165, 1.54) is 0 Å². The minimum Gasteiger partial charge on any atom is -0.475 e. The standard InChI is InChI=1S/C38H44N10O4.C2HF3O2/c1-2-31(49)44-29-19-30(34(51)33(29)50)48-23-42-32-35(40-21-28(24-11-5-3-6-12-24)25-13-7-4-8-14-25)45-37(46-36(32)48)47-18-16-27(22-47)43-38(52)41-20-26-15-9-10-17-39-26;3-2(4,5)1(6)7/h3-15,17,23,27-30,33-34,50-51H,2,16,18-22H2,1H3,(H,44,49)(H,40,45,46)(H2,41,43,52);(H,6,7)/t27-,29+,30-,33-,34-;/m1./s1. The van der Waals surface area contributed by atoms with Crippen LogP contribution in [0.5, 0.6) is 0 Å². The van der Waals surface area contributed by atoms with Crippen molar-refractivity contribution >= 4 is 40.8 Å². The molecule has 2 fully saturated rings. The molecule has 3 aromatic heterocycles. The zero-order valence-corrected chi connectivity index (χ0v) is 32.0. The highest BCUT2D eigenvalue weighted by molar-refractivity contribution is 5.85. The molecule has 0 spiro atoms. The summed E-state index contributed by atoms with van der Waals surface area (Å²) >= 11 is 0. The van der Waals surface area contributed by atoms with Gasteiger partial charge in [0.2, 0.25) is 11.9 Å². The molecule has 2 aromatic carbocycles. The quantitative estimate of drug-likeness (QED) is 0.0958. The van der Waals surface area contributed by atoms with Crippen LogP contribution in [0.4, 0.5) is 29.7 Å². The van der Waals surface area contributed by atoms with Gasteiger partial charge in [0.1, 0.15) is 12.2 Å². The van der Waals surface area contributed by atoms with Gasteiger partial charge in [-0.05, 0) is 36.1 Å². The van der Waals surface area contributed by atoms with Gasteiger partial charge in [-0.1, -0.05) is 73.7 Å². The summed E-state index contributed by atoms with van der Waals surface area (Å²) in [7, 11) is 0. The molecule has 3 amide bonds. The topological polar surface area (TPSA) is 220 Å². The molecule has 1 saturated heterocycles. The third kappa shape index (κ3) is 10.6. The SMILES string of the molecule is CCC(=O)N[C@H]1C[C@@H](n2cnc3c(NCC(c4ccccc4)c4ccccc4)nc(N4CC[C@@H](NC(=O)NCc5ccccn5)C4)nc32)[C@@H](O)[C@@H]1O.O=C(O)C(F)(F)F. The number of benzene rings is 2. The number of imidazole rings is 1. The van der Waals surface area contributed by atoms with Gasteiger partial charge in [-0.2, -0.15) is 23.1 Å². The normalized spacial score (nSPS) is 20.2. The number of nitrogens with zero attached hydrogens (tertiary/aromatic N) is 6. The predicted octanol–water partition coefficient (Wildman–Crippen LogP) is 3.74. The van der Waals surface area contributed by atoms with Gasteiger partial charge in [0.15, 0.2) is 17.0 Å². The number of aliphatic carboxylic acids is 1. The van der Waals surface area contributed by atoms with Crippen LogP contribution in [0.3, 0.4) is 0 Å². The summed E-state index contributed by atoms with van der Waals surface area (Å²) < 4.78 is 33.5. The first-order valence-electron chi connectivity index (χ1n) is 19.1. The van der Waals surface area contributed by atoms with Crippen LogP contribution >= 0.6 is 0 Å². The Labute approximate surface area is 336 Å². The van der Waals surface area contributed by atoms with Crippen LogP contribution in [-0.2, 0) is 16.1 Å². The first kappa shape index (κ1) is 42.3. The average Bonchev–Trinajstić information content (AvgIpc) is 3.96. The van der Waals surface area contributed by atoms with Crippen molar-refractivity contribution < 1.29 is 42.9 Å². The molecular formula is C40H45F3N10O6. The zero-order valence-electron chi connectivity index (χ0n) is 32.0. The fourth-order valence-corrected chi connectivity index (χ4v) is 7.12. The number of hydrogen-bond acceptors (Lipinski definition) is 11. The first-order chi connectivity index (χ1) is 28.3. The minimum atomic E-state index is -5.08. The molecule has 5 atom stereocenters. The van der Waals surface area contributed by atoms with E-state index in [1.807, 2.05) is 59.5 Å². The van der Waals surface area contributed by atoms with Gasteiger partial charge in [0.25, 0.3) is 0 Å². The highest BCUT2D eigenvalue weighted by atomic mass is 19.4. The average molecular weight is 819 g/mol. The zero-order chi connectivity index (χ0) is 42.1. The first-order valence-corrected chi connectivity index (χ1v) is 19.1. The summed E-state index contributed by atoms with van der Waals surface area (Å²) in [5, 5.41) is 41.6. The van der Waals surface area contributed by atoms with E-state index < -0.39 is 36.4 Å². The van der Waals surface area contributed by atoms with Gasteiger partial charge in [-0.15, -0.1) is 0 Å². The highest BCUT2D eigenvalue weighted by Crippen LogP contribution is 2.35. The van der Waals surface area contributed by atoms with Crippen LogP contribution in [0.2, 0.25) is 0 Å². The molecular weight excluding hydrogens is 773 g/mol. The van der Waals surface area contributed by atoms with Crippen molar-refractivity contribution in [3.05, 3.63) is 108 Å². The van der Waals surface area contributed by atoms with Crippen molar-refractivity contribution in [3.8, 4) is 0 Å². The number of alkyl halides is 3. The third-order valence-electron chi connectivity index (χ3n) is 10.2. The fourth-order valence-electron chi connectivity index (χ4n) is 7.12. The number of fused-ring (bicyclic) bond motifs is 1. The van der Waals surface area contributed by atoms with Crippen LogP contribution in [0.1, 0.15) is 55.0 Å². The smallest absolute Gasteiger partial charge is 0.475 e. The van der Waals surface area contributed by atoms with E-state index in [0.717, 1.165) is 16.8 Å². The molecule has 59 heavy (non-hydrogen) atoms. The number of anilines is 2. The lowest BCUT2D eigenvalue weighted by Crippen LogP contribution is -2.43. The number of nitrogens with one attached hydrogen (secondary N) is 4. The van der Waals surface area contributed by atoms with Gasteiger partial charge < -0.3 is 46.1 Å². The van der Waals surface area contributed by atoms with E-state index in [1.54, 1.807) is 24.0 Å². The number of pyridine rings is 1. The molecule has 1 aliphatic heterocycles. The van der Waals surface area contributed by atoms with Crippen molar-refractivity contribution in [2.75, 3.05) is 29.9 Å². The lowest BCUT2D eigenvalue weighted by Gasteiger charge is -2.22. The van der Waals surface area contributed by atoms with Crippen molar-refractivity contribution in [1.82, 2.24) is 40.5 Å². The molecule has 4 heterocycles. The Kier molecular flexibility index (Phi) is 13.6. The van der Waals surface area contributed by atoms with Crippen molar-refractivity contribution in [3.63, 3.8) is 0 Å². The number of amides is 3. The number of aliphatic hydroxyl groups excluding tert-OH is 2. The lowest BCUT2D eigenvalue weighted by molar-refractivity contribution is -0.192. The monoisotopic (exact) mass is 818 g/mol. The van der Waals surface area contributed by atoms with Gasteiger partial charge in [0, 0.05) is 44.2 Å². The maximum absolute atomic E-state index is 12.8. The number of carboxylic acid groups (broad SMARTS) is 1. The van der Waals surface area contributed by atoms with Gasteiger partial charge in [-0.25, -0.2) is 14.6 Å². The Hall–Kier alpha value is -6.34. The van der Waals surface area contributed by atoms with Crippen LogP contribution in [0, 0.1) is 0 Å². The molecule has 0 bridgehead atoms. The second kappa shape index (κ2) is 18.9. The number of rotatable bonds is 12. The molecule has 7 rings (SSSR count). The number of carbonyl (C=O) groups is 3. The number of halogens is 3. The maximum Gasteiger partial charge on any atom is 0.490 e. The summed E-state index contributed by atoms with van der Waals surface area (Å²) in [5.41, 5.74) is 4.08. The Morgan fingerprint density at radius 1 is 0.898 bits per heavy atom. The molecule has 7 N–H and O–H groups in total. The molecule has 0 radical (unpaired) electrons. The van der Waals surface area contributed by atoms with E-state index in [-0.39, 0.29) is 30.3 Å². The van der Waals surface area contributed by atoms with Crippen LogP contribution in [-0.4, -0.2) is 108 Å². The molecule has 2 aliphatic rings. The Balaban J connectivity index is 0.000000768. The van der Waals surface area contributed by atoms with E-state index in [4.69, 9.17) is 24.9 Å². The minimum absolute atomic E-state index is 0.0117. The van der Waals surface area contributed by atoms with Gasteiger partial charge >= 0.3 is 18.2 Å². The number of hydrogen-bond donors (Lipinski definition) is 7. The Bertz CT molecular complexity index is 2140. The van der Waals surface area contributed by atoms with E-state index >= 15 is 0 Å². The Morgan fingerprint density at radius 2 is 1.56 bits per heavy atom. The van der Waals surface area contributed by atoms with Crippen LogP contribution < -0.4 is 26.2 Å². The van der Waals surface area contributed by atoms with Crippen LogP contribution in [0.15, 0.2) is 91.4 Å². The highest BCUT2D eigenvalue weighted by Gasteiger charge is 2.44. The maximum atomic E-state index is 12.8.